The van der Waals surface area contributed by atoms with Gasteiger partial charge in [0.1, 0.15) is 0 Å². The van der Waals surface area contributed by atoms with Crippen LogP contribution in [0.1, 0.15) is 12.8 Å². The normalized spacial score (nSPS) is 28.2. The van der Waals surface area contributed by atoms with Crippen LogP contribution in [0.25, 0.3) is 0 Å². The van der Waals surface area contributed by atoms with Crippen LogP contribution < -0.4 is 0 Å². The van der Waals surface area contributed by atoms with Gasteiger partial charge in [-0.3, -0.25) is 0 Å². The molecule has 10 heavy (non-hydrogen) atoms. The molecular weight excluding hydrogens is 130 g/mol. The third-order valence-corrected chi connectivity index (χ3v) is 2.03. The zero-order valence-electron chi connectivity index (χ0n) is 6.32. The van der Waals surface area contributed by atoms with Crippen molar-refractivity contribution in [1.82, 2.24) is 4.90 Å². The summed E-state index contributed by atoms with van der Waals surface area (Å²) in [5.74, 6) is 0.491. The van der Waals surface area contributed by atoms with Crippen LogP contribution >= 0.6 is 0 Å². The molecule has 1 aliphatic rings. The van der Waals surface area contributed by atoms with Crippen molar-refractivity contribution in [2.24, 2.45) is 5.92 Å². The first-order valence-electron chi connectivity index (χ1n) is 3.73. The van der Waals surface area contributed by atoms with Crippen molar-refractivity contribution in [1.29, 1.82) is 0 Å². The number of hydrogen-bond donors (Lipinski definition) is 2. The van der Waals surface area contributed by atoms with E-state index in [0.717, 1.165) is 19.5 Å². The zero-order valence-corrected chi connectivity index (χ0v) is 6.32. The topological polar surface area (TPSA) is 43.7 Å². The smallest absolute Gasteiger partial charge is 0.151 e. The predicted molar refractivity (Wildman–Crippen MR) is 38.4 cm³/mol. The summed E-state index contributed by atoms with van der Waals surface area (Å²) < 4.78 is 0. The van der Waals surface area contributed by atoms with Gasteiger partial charge in [-0.15, -0.1) is 0 Å². The second-order valence-corrected chi connectivity index (χ2v) is 3.13. The summed E-state index contributed by atoms with van der Waals surface area (Å²) in [6.45, 7) is 2.11. The number of rotatable bonds is 2. The molecule has 0 aromatic rings. The van der Waals surface area contributed by atoms with Gasteiger partial charge in [0, 0.05) is 13.0 Å². The average molecular weight is 145 g/mol. The lowest BCUT2D eigenvalue weighted by Crippen LogP contribution is -2.17. The van der Waals surface area contributed by atoms with Crippen molar-refractivity contribution in [2.45, 2.75) is 19.1 Å². The minimum atomic E-state index is -1.11. The van der Waals surface area contributed by atoms with Gasteiger partial charge in [0.15, 0.2) is 6.29 Å². The van der Waals surface area contributed by atoms with Gasteiger partial charge in [0.05, 0.1) is 0 Å². The molecule has 0 aliphatic carbocycles. The molecule has 0 bridgehead atoms. The average Bonchev–Trinajstić information content (AvgIpc) is 2.13. The van der Waals surface area contributed by atoms with E-state index in [-0.39, 0.29) is 0 Å². The van der Waals surface area contributed by atoms with Crippen LogP contribution in [0.15, 0.2) is 0 Å². The minimum Gasteiger partial charge on any atom is -0.368 e. The Labute approximate surface area is 61.3 Å². The summed E-state index contributed by atoms with van der Waals surface area (Å²) in [4.78, 5) is 2.22. The summed E-state index contributed by atoms with van der Waals surface area (Å²) in [6.07, 6.45) is 0.523. The largest absolute Gasteiger partial charge is 0.368 e. The number of aliphatic hydroxyl groups is 2. The molecule has 3 heteroatoms. The Morgan fingerprint density at radius 3 is 2.70 bits per heavy atom. The molecule has 3 nitrogen and oxygen atoms in total. The number of likely N-dealkylation sites (tertiary alicyclic amines) is 1. The first kappa shape index (κ1) is 7.98. The molecule has 0 amide bonds. The van der Waals surface area contributed by atoms with Crippen LogP contribution in [0.4, 0.5) is 0 Å². The summed E-state index contributed by atoms with van der Waals surface area (Å²) in [7, 11) is 2.06. The fourth-order valence-corrected chi connectivity index (χ4v) is 1.52. The highest BCUT2D eigenvalue weighted by Gasteiger charge is 2.20. The van der Waals surface area contributed by atoms with Gasteiger partial charge in [0.2, 0.25) is 0 Å². The van der Waals surface area contributed by atoms with Gasteiger partial charge in [-0.1, -0.05) is 0 Å². The first-order chi connectivity index (χ1) is 4.68. The van der Waals surface area contributed by atoms with Gasteiger partial charge in [0.25, 0.3) is 0 Å². The molecule has 60 valence electrons. The molecule has 1 fully saturated rings. The molecule has 0 unspecified atom stereocenters. The Morgan fingerprint density at radius 1 is 1.60 bits per heavy atom. The molecule has 1 atom stereocenters. The van der Waals surface area contributed by atoms with E-state index in [2.05, 4.69) is 11.9 Å². The SMILES string of the molecule is CN1CC[C@@H](CC(O)O)C1. The molecule has 1 heterocycles. The van der Waals surface area contributed by atoms with Crippen LogP contribution in [-0.2, 0) is 0 Å². The lowest BCUT2D eigenvalue weighted by molar-refractivity contribution is -0.0548. The van der Waals surface area contributed by atoms with Crippen LogP contribution in [0.2, 0.25) is 0 Å². The lowest BCUT2D eigenvalue weighted by Gasteiger charge is -2.10. The fraction of sp³-hybridized carbons (Fsp3) is 1.00. The molecule has 0 radical (unpaired) electrons. The highest BCUT2D eigenvalue weighted by atomic mass is 16.5. The Hall–Kier alpha value is -0.120. The van der Waals surface area contributed by atoms with Crippen molar-refractivity contribution >= 4 is 0 Å². The molecule has 0 aromatic heterocycles. The van der Waals surface area contributed by atoms with Crippen molar-refractivity contribution in [3.05, 3.63) is 0 Å². The van der Waals surface area contributed by atoms with Crippen LogP contribution in [0, 0.1) is 5.92 Å². The fourth-order valence-electron chi connectivity index (χ4n) is 1.52. The van der Waals surface area contributed by atoms with Crippen molar-refractivity contribution in [2.75, 3.05) is 20.1 Å². The molecular formula is C7H15NO2. The second-order valence-electron chi connectivity index (χ2n) is 3.13. The quantitative estimate of drug-likeness (QED) is 0.521. The van der Waals surface area contributed by atoms with Crippen LogP contribution in [0.5, 0.6) is 0 Å². The Kier molecular flexibility index (Phi) is 2.65. The lowest BCUT2D eigenvalue weighted by atomic mass is 10.1. The van der Waals surface area contributed by atoms with Crippen molar-refractivity contribution in [3.8, 4) is 0 Å². The highest BCUT2D eigenvalue weighted by molar-refractivity contribution is 4.72. The maximum absolute atomic E-state index is 8.64. The Morgan fingerprint density at radius 2 is 2.30 bits per heavy atom. The van der Waals surface area contributed by atoms with Gasteiger partial charge in [-0.25, -0.2) is 0 Å². The number of aliphatic hydroxyl groups excluding tert-OH is 1. The predicted octanol–water partition coefficient (Wildman–Crippen LogP) is -0.361. The van der Waals surface area contributed by atoms with Crippen LogP contribution in [0.3, 0.4) is 0 Å². The minimum absolute atomic E-state index is 0.491. The maximum atomic E-state index is 8.64. The second kappa shape index (κ2) is 3.32. The van der Waals surface area contributed by atoms with Crippen molar-refractivity contribution in [3.63, 3.8) is 0 Å². The van der Waals surface area contributed by atoms with E-state index in [4.69, 9.17) is 10.2 Å². The van der Waals surface area contributed by atoms with Gasteiger partial charge >= 0.3 is 0 Å². The summed E-state index contributed by atoms with van der Waals surface area (Å²) in [5, 5.41) is 17.3. The molecule has 1 rings (SSSR count). The van der Waals surface area contributed by atoms with Gasteiger partial charge < -0.3 is 15.1 Å². The third-order valence-electron chi connectivity index (χ3n) is 2.03. The summed E-state index contributed by atoms with van der Waals surface area (Å²) in [6, 6.07) is 0. The number of nitrogens with zero attached hydrogens (tertiary/aromatic N) is 1. The van der Waals surface area contributed by atoms with E-state index >= 15 is 0 Å². The molecule has 2 N–H and O–H groups in total. The van der Waals surface area contributed by atoms with Crippen molar-refractivity contribution < 1.29 is 10.2 Å². The zero-order chi connectivity index (χ0) is 7.56. The monoisotopic (exact) mass is 145 g/mol. The van der Waals surface area contributed by atoms with E-state index in [1.165, 1.54) is 0 Å². The summed E-state index contributed by atoms with van der Waals surface area (Å²) in [5.41, 5.74) is 0. The van der Waals surface area contributed by atoms with E-state index < -0.39 is 6.29 Å². The molecule has 0 spiro atoms. The highest BCUT2D eigenvalue weighted by Crippen LogP contribution is 2.18. The van der Waals surface area contributed by atoms with E-state index in [0.29, 0.717) is 12.3 Å². The number of hydrogen-bond acceptors (Lipinski definition) is 3. The van der Waals surface area contributed by atoms with E-state index in [9.17, 15) is 0 Å². The Bertz CT molecular complexity index is 106. The standard InChI is InChI=1S/C7H15NO2/c1-8-3-2-6(5-8)4-7(9)10/h6-7,9-10H,2-5H2,1H3/t6-/m0/s1. The Balaban J connectivity index is 2.18. The first-order valence-corrected chi connectivity index (χ1v) is 3.73. The molecule has 0 saturated carbocycles. The third kappa shape index (κ3) is 2.25. The van der Waals surface area contributed by atoms with Gasteiger partial charge in [-0.2, -0.15) is 0 Å². The van der Waals surface area contributed by atoms with Gasteiger partial charge in [-0.05, 0) is 25.9 Å². The van der Waals surface area contributed by atoms with E-state index in [1.54, 1.807) is 0 Å². The molecule has 1 aliphatic heterocycles. The van der Waals surface area contributed by atoms with E-state index in [1.807, 2.05) is 0 Å². The molecule has 0 aromatic carbocycles. The van der Waals surface area contributed by atoms with Crippen LogP contribution in [-0.4, -0.2) is 41.5 Å². The maximum Gasteiger partial charge on any atom is 0.151 e. The molecule has 1 saturated heterocycles. The summed E-state index contributed by atoms with van der Waals surface area (Å²) >= 11 is 0.